The molecule has 1 aliphatic carbocycles. The third-order valence-electron chi connectivity index (χ3n) is 5.30. The third-order valence-corrected chi connectivity index (χ3v) is 5.30. The molecule has 3 fully saturated rings. The summed E-state index contributed by atoms with van der Waals surface area (Å²) in [5.74, 6) is -1.84. The summed E-state index contributed by atoms with van der Waals surface area (Å²) in [6, 6.07) is 3.44. The number of benzene rings is 1. The van der Waals surface area contributed by atoms with E-state index in [1.807, 2.05) is 11.8 Å². The van der Waals surface area contributed by atoms with Gasteiger partial charge in [-0.3, -0.25) is 4.79 Å². The molecule has 0 radical (unpaired) electrons. The first-order valence-corrected chi connectivity index (χ1v) is 8.53. The van der Waals surface area contributed by atoms with Gasteiger partial charge in [0.2, 0.25) is 5.91 Å². The maximum atomic E-state index is 13.9. The Bertz CT molecular complexity index is 658. The van der Waals surface area contributed by atoms with E-state index in [0.29, 0.717) is 44.5 Å². The normalized spacial score (nSPS) is 31.5. The molecule has 3 aliphatic rings. The molecule has 1 amide bonds. The zero-order valence-corrected chi connectivity index (χ0v) is 13.6. The molecule has 1 aromatic carbocycles. The van der Waals surface area contributed by atoms with Crippen LogP contribution in [-0.2, 0) is 14.3 Å². The van der Waals surface area contributed by atoms with Gasteiger partial charge >= 0.3 is 0 Å². The number of nitrogens with zero attached hydrogens (tertiary/aromatic N) is 1. The lowest BCUT2D eigenvalue weighted by Crippen LogP contribution is -2.48. The van der Waals surface area contributed by atoms with Gasteiger partial charge in [-0.05, 0) is 43.0 Å². The van der Waals surface area contributed by atoms with E-state index in [4.69, 9.17) is 9.47 Å². The smallest absolute Gasteiger partial charge is 0.226 e. The standard InChI is InChI=1S/C18H21F2NO3/c1-11-10-23-18(24-11)4-6-21(7-5-18)17(22)15-9-13(15)14-8-12(19)2-3-16(14)20/h2-3,8,11,13,15H,4-7,9-10H2,1H3/t11-,13-,15-/m1/s1. The molecule has 1 spiro atoms. The summed E-state index contributed by atoms with van der Waals surface area (Å²) < 4.78 is 38.8. The van der Waals surface area contributed by atoms with Crippen LogP contribution in [0, 0.1) is 17.6 Å². The quantitative estimate of drug-likeness (QED) is 0.833. The van der Waals surface area contributed by atoms with E-state index in [1.54, 1.807) is 0 Å². The van der Waals surface area contributed by atoms with E-state index in [9.17, 15) is 13.6 Å². The zero-order chi connectivity index (χ0) is 16.9. The van der Waals surface area contributed by atoms with Crippen molar-refractivity contribution >= 4 is 5.91 Å². The van der Waals surface area contributed by atoms with Gasteiger partial charge in [0.15, 0.2) is 5.79 Å². The van der Waals surface area contributed by atoms with E-state index < -0.39 is 17.4 Å². The van der Waals surface area contributed by atoms with Gasteiger partial charge in [-0.25, -0.2) is 8.78 Å². The minimum Gasteiger partial charge on any atom is -0.347 e. The second-order valence-electron chi connectivity index (χ2n) is 7.09. The number of halogens is 2. The van der Waals surface area contributed by atoms with Crippen LogP contribution in [0.1, 0.15) is 37.7 Å². The lowest BCUT2D eigenvalue weighted by Gasteiger charge is -2.38. The molecule has 1 saturated carbocycles. The SMILES string of the molecule is C[C@@H]1COC2(CCN(C(=O)[C@@H]3C[C@@H]3c3cc(F)ccc3F)CC2)O1. The van der Waals surface area contributed by atoms with Crippen molar-refractivity contribution in [1.29, 1.82) is 0 Å². The fourth-order valence-electron chi connectivity index (χ4n) is 3.88. The summed E-state index contributed by atoms with van der Waals surface area (Å²) in [4.78, 5) is 14.4. The number of hydrogen-bond acceptors (Lipinski definition) is 3. The highest BCUT2D eigenvalue weighted by molar-refractivity contribution is 5.83. The molecule has 2 saturated heterocycles. The van der Waals surface area contributed by atoms with Crippen LogP contribution in [0.25, 0.3) is 0 Å². The molecule has 0 unspecified atom stereocenters. The monoisotopic (exact) mass is 337 g/mol. The van der Waals surface area contributed by atoms with E-state index in [0.717, 1.165) is 12.1 Å². The molecule has 4 rings (SSSR count). The first-order valence-electron chi connectivity index (χ1n) is 8.53. The Hall–Kier alpha value is -1.53. The van der Waals surface area contributed by atoms with E-state index in [1.165, 1.54) is 6.07 Å². The Morgan fingerprint density at radius 1 is 1.29 bits per heavy atom. The van der Waals surface area contributed by atoms with Crippen LogP contribution in [0.4, 0.5) is 8.78 Å². The number of carbonyl (C=O) groups is 1. The van der Waals surface area contributed by atoms with Gasteiger partial charge in [0, 0.05) is 31.8 Å². The molecule has 1 aromatic rings. The zero-order valence-electron chi connectivity index (χ0n) is 13.6. The van der Waals surface area contributed by atoms with Crippen molar-refractivity contribution in [2.45, 2.75) is 44.0 Å². The number of amides is 1. The first-order chi connectivity index (χ1) is 11.5. The lowest BCUT2D eigenvalue weighted by molar-refractivity contribution is -0.195. The molecule has 3 atom stereocenters. The van der Waals surface area contributed by atoms with Gasteiger partial charge in [0.1, 0.15) is 11.6 Å². The van der Waals surface area contributed by atoms with Gasteiger partial charge in [0.25, 0.3) is 0 Å². The number of ether oxygens (including phenoxy) is 2. The Balaban J connectivity index is 1.37. The van der Waals surface area contributed by atoms with Crippen LogP contribution < -0.4 is 0 Å². The Morgan fingerprint density at radius 2 is 2.04 bits per heavy atom. The predicted molar refractivity (Wildman–Crippen MR) is 82.3 cm³/mol. The molecule has 0 bridgehead atoms. The molecule has 6 heteroatoms. The summed E-state index contributed by atoms with van der Waals surface area (Å²) in [5, 5.41) is 0. The average molecular weight is 337 g/mol. The summed E-state index contributed by atoms with van der Waals surface area (Å²) in [7, 11) is 0. The molecule has 130 valence electrons. The van der Waals surface area contributed by atoms with Crippen LogP contribution >= 0.6 is 0 Å². The van der Waals surface area contributed by atoms with Gasteiger partial charge in [-0.15, -0.1) is 0 Å². The summed E-state index contributed by atoms with van der Waals surface area (Å²) in [5.41, 5.74) is 0.318. The van der Waals surface area contributed by atoms with Crippen molar-refractivity contribution in [3.05, 3.63) is 35.4 Å². The number of piperidine rings is 1. The molecule has 24 heavy (non-hydrogen) atoms. The molecular weight excluding hydrogens is 316 g/mol. The lowest BCUT2D eigenvalue weighted by atomic mass is 10.0. The maximum Gasteiger partial charge on any atom is 0.226 e. The van der Waals surface area contributed by atoms with Crippen LogP contribution in [-0.4, -0.2) is 42.4 Å². The van der Waals surface area contributed by atoms with Gasteiger partial charge in [-0.1, -0.05) is 0 Å². The van der Waals surface area contributed by atoms with Gasteiger partial charge in [0.05, 0.1) is 12.7 Å². The highest BCUT2D eigenvalue weighted by atomic mass is 19.1. The molecule has 4 nitrogen and oxygen atoms in total. The highest BCUT2D eigenvalue weighted by Crippen LogP contribution is 2.50. The molecule has 0 aromatic heterocycles. The number of hydrogen-bond donors (Lipinski definition) is 0. The number of likely N-dealkylation sites (tertiary alicyclic amines) is 1. The minimum atomic E-state index is -0.534. The summed E-state index contributed by atoms with van der Waals surface area (Å²) in [6.07, 6.45) is 2.00. The van der Waals surface area contributed by atoms with Gasteiger partial charge < -0.3 is 14.4 Å². The van der Waals surface area contributed by atoms with Crippen LogP contribution in [0.2, 0.25) is 0 Å². The Morgan fingerprint density at radius 3 is 2.71 bits per heavy atom. The molecule has 2 aliphatic heterocycles. The second-order valence-corrected chi connectivity index (χ2v) is 7.09. The van der Waals surface area contributed by atoms with Crippen molar-refractivity contribution < 1.29 is 23.0 Å². The van der Waals surface area contributed by atoms with E-state index in [-0.39, 0.29) is 23.8 Å². The number of rotatable bonds is 2. The Labute approximate surface area is 139 Å². The Kier molecular flexibility index (Phi) is 3.84. The van der Waals surface area contributed by atoms with Crippen LogP contribution in [0.3, 0.4) is 0 Å². The van der Waals surface area contributed by atoms with Crippen LogP contribution in [0.15, 0.2) is 18.2 Å². The highest BCUT2D eigenvalue weighted by Gasteiger charge is 2.49. The minimum absolute atomic E-state index is 0.0320. The van der Waals surface area contributed by atoms with E-state index in [2.05, 4.69) is 0 Å². The van der Waals surface area contributed by atoms with Crippen molar-refractivity contribution in [3.63, 3.8) is 0 Å². The fourth-order valence-corrected chi connectivity index (χ4v) is 3.88. The van der Waals surface area contributed by atoms with E-state index >= 15 is 0 Å². The summed E-state index contributed by atoms with van der Waals surface area (Å²) >= 11 is 0. The summed E-state index contributed by atoms with van der Waals surface area (Å²) in [6.45, 7) is 3.74. The molecule has 0 N–H and O–H groups in total. The largest absolute Gasteiger partial charge is 0.347 e. The molecular formula is C18H21F2NO3. The molecule has 2 heterocycles. The first kappa shape index (κ1) is 16.0. The number of carbonyl (C=O) groups excluding carboxylic acids is 1. The van der Waals surface area contributed by atoms with Crippen molar-refractivity contribution in [2.24, 2.45) is 5.92 Å². The average Bonchev–Trinajstić information content (AvgIpc) is 3.28. The van der Waals surface area contributed by atoms with Crippen LogP contribution in [0.5, 0.6) is 0 Å². The fraction of sp³-hybridized carbons (Fsp3) is 0.611. The predicted octanol–water partition coefficient (Wildman–Crippen LogP) is 2.82. The maximum absolute atomic E-state index is 13.9. The third kappa shape index (κ3) is 2.82. The van der Waals surface area contributed by atoms with Crippen molar-refractivity contribution in [1.82, 2.24) is 4.90 Å². The second kappa shape index (κ2) is 5.77. The topological polar surface area (TPSA) is 38.8 Å². The van der Waals surface area contributed by atoms with Gasteiger partial charge in [-0.2, -0.15) is 0 Å². The van der Waals surface area contributed by atoms with Crippen molar-refractivity contribution in [2.75, 3.05) is 19.7 Å². The van der Waals surface area contributed by atoms with Crippen molar-refractivity contribution in [3.8, 4) is 0 Å².